The average molecular weight is 430 g/mol. The molecule has 1 aliphatic rings. The number of hydrogen-bond acceptors (Lipinski definition) is 6. The molecular weight excluding hydrogens is 410 g/mol. The Bertz CT molecular complexity index is 1100. The summed E-state index contributed by atoms with van der Waals surface area (Å²) in [7, 11) is 0. The zero-order valence-electron chi connectivity index (χ0n) is 16.0. The molecule has 0 saturated heterocycles. The number of benzene rings is 1. The molecule has 8 heteroatoms. The maximum Gasteiger partial charge on any atom is 0.306 e. The van der Waals surface area contributed by atoms with Crippen molar-refractivity contribution in [3.63, 3.8) is 0 Å². The van der Waals surface area contributed by atoms with E-state index in [0.29, 0.717) is 71.8 Å². The van der Waals surface area contributed by atoms with Crippen molar-refractivity contribution in [2.24, 2.45) is 11.8 Å². The van der Waals surface area contributed by atoms with E-state index in [1.165, 1.54) is 6.07 Å². The normalized spacial score (nSPS) is 18.2. The number of carbonyl (C=O) groups is 1. The Labute approximate surface area is 177 Å². The highest BCUT2D eigenvalue weighted by Crippen LogP contribution is 2.33. The molecule has 2 aromatic heterocycles. The number of halogens is 1. The molecule has 1 fully saturated rings. The largest absolute Gasteiger partial charge is 0.481 e. The summed E-state index contributed by atoms with van der Waals surface area (Å²) in [5.74, 6) is 0.172. The fraction of sp³-hybridized carbons (Fsp3) is 0.318. The Morgan fingerprint density at radius 3 is 2.80 bits per heavy atom. The Hall–Kier alpha value is -2.90. The second-order valence-corrected chi connectivity index (χ2v) is 7.68. The first-order valence-corrected chi connectivity index (χ1v) is 10.0. The van der Waals surface area contributed by atoms with Gasteiger partial charge in [0.2, 0.25) is 5.88 Å². The van der Waals surface area contributed by atoms with Crippen molar-refractivity contribution in [1.82, 2.24) is 4.98 Å². The maximum absolute atomic E-state index is 12.3. The van der Waals surface area contributed by atoms with Crippen LogP contribution in [0.15, 0.2) is 51.8 Å². The van der Waals surface area contributed by atoms with Gasteiger partial charge in [0.15, 0.2) is 11.0 Å². The second kappa shape index (κ2) is 8.85. The third-order valence-electron chi connectivity index (χ3n) is 5.14. The van der Waals surface area contributed by atoms with E-state index in [2.05, 4.69) is 4.98 Å². The number of aliphatic carboxylic acids is 1. The Morgan fingerprint density at radius 2 is 2.07 bits per heavy atom. The van der Waals surface area contributed by atoms with E-state index in [1.807, 2.05) is 0 Å². The van der Waals surface area contributed by atoms with Crippen molar-refractivity contribution in [3.8, 4) is 17.2 Å². The fourth-order valence-electron chi connectivity index (χ4n) is 3.43. The van der Waals surface area contributed by atoms with Crippen LogP contribution in [0, 0.1) is 11.8 Å². The summed E-state index contributed by atoms with van der Waals surface area (Å²) < 4.78 is 16.9. The zero-order valence-corrected chi connectivity index (χ0v) is 16.8. The summed E-state index contributed by atoms with van der Waals surface area (Å²) in [6, 6.07) is 9.91. The number of carboxylic acids is 1. The SMILES string of the molecule is O=C(O)C1CC(COCCOc2ccc(-c3cc(=O)c4cccc(Cl)c4o3)cn2)C1. The second-order valence-electron chi connectivity index (χ2n) is 7.27. The van der Waals surface area contributed by atoms with E-state index < -0.39 is 5.97 Å². The molecule has 0 spiro atoms. The Morgan fingerprint density at radius 1 is 1.23 bits per heavy atom. The number of rotatable bonds is 8. The molecule has 1 saturated carbocycles. The minimum Gasteiger partial charge on any atom is -0.481 e. The zero-order chi connectivity index (χ0) is 21.1. The quantitative estimate of drug-likeness (QED) is 0.540. The lowest BCUT2D eigenvalue weighted by atomic mass is 9.75. The molecule has 1 N–H and O–H groups in total. The molecule has 0 aliphatic heterocycles. The number of pyridine rings is 1. The van der Waals surface area contributed by atoms with Crippen LogP contribution >= 0.6 is 11.6 Å². The highest BCUT2D eigenvalue weighted by atomic mass is 35.5. The smallest absolute Gasteiger partial charge is 0.306 e. The minimum atomic E-state index is -0.727. The van der Waals surface area contributed by atoms with Gasteiger partial charge in [-0.2, -0.15) is 0 Å². The summed E-state index contributed by atoms with van der Waals surface area (Å²) in [5, 5.41) is 9.66. The van der Waals surface area contributed by atoms with Gasteiger partial charge in [-0.15, -0.1) is 0 Å². The van der Waals surface area contributed by atoms with Crippen LogP contribution in [0.5, 0.6) is 5.88 Å². The highest BCUT2D eigenvalue weighted by molar-refractivity contribution is 6.34. The van der Waals surface area contributed by atoms with Gasteiger partial charge >= 0.3 is 5.97 Å². The number of hydrogen-bond donors (Lipinski definition) is 1. The van der Waals surface area contributed by atoms with Crippen LogP contribution in [-0.2, 0) is 9.53 Å². The predicted molar refractivity (Wildman–Crippen MR) is 111 cm³/mol. The molecule has 156 valence electrons. The van der Waals surface area contributed by atoms with Crippen LogP contribution in [0.4, 0.5) is 0 Å². The van der Waals surface area contributed by atoms with Crippen LogP contribution < -0.4 is 10.2 Å². The van der Waals surface area contributed by atoms with Gasteiger partial charge in [-0.05, 0) is 37.0 Å². The van der Waals surface area contributed by atoms with Gasteiger partial charge in [-0.25, -0.2) is 4.98 Å². The lowest BCUT2D eigenvalue weighted by molar-refractivity contribution is -0.147. The number of aromatic nitrogens is 1. The number of ether oxygens (including phenoxy) is 2. The van der Waals surface area contributed by atoms with Crippen molar-refractivity contribution in [2.45, 2.75) is 12.8 Å². The van der Waals surface area contributed by atoms with Gasteiger partial charge in [-0.3, -0.25) is 9.59 Å². The molecule has 0 bridgehead atoms. The predicted octanol–water partition coefficient (Wildman–Crippen LogP) is 4.01. The average Bonchev–Trinajstić information content (AvgIpc) is 2.70. The summed E-state index contributed by atoms with van der Waals surface area (Å²) >= 11 is 6.14. The summed E-state index contributed by atoms with van der Waals surface area (Å²) in [6.07, 6.45) is 2.92. The standard InChI is InChI=1S/C22H20ClNO6/c23-17-3-1-2-16-18(25)10-19(30-21(16)17)14-4-5-20(24-11-14)29-7-6-28-12-13-8-15(9-13)22(26)27/h1-5,10-11,13,15H,6-9,12H2,(H,26,27). The summed E-state index contributed by atoms with van der Waals surface area (Å²) in [6.45, 7) is 1.28. The van der Waals surface area contributed by atoms with Gasteiger partial charge in [0.05, 0.1) is 22.9 Å². The van der Waals surface area contributed by atoms with Crippen molar-refractivity contribution >= 4 is 28.5 Å². The number of carboxylic acid groups (broad SMARTS) is 1. The maximum atomic E-state index is 12.3. The minimum absolute atomic E-state index is 0.174. The molecule has 0 radical (unpaired) electrons. The van der Waals surface area contributed by atoms with Crippen molar-refractivity contribution in [2.75, 3.05) is 19.8 Å². The molecular formula is C22H20ClNO6. The molecule has 4 rings (SSSR count). The van der Waals surface area contributed by atoms with Crippen LogP contribution in [0.3, 0.4) is 0 Å². The third-order valence-corrected chi connectivity index (χ3v) is 5.44. The van der Waals surface area contributed by atoms with Gasteiger partial charge < -0.3 is 19.0 Å². The van der Waals surface area contributed by atoms with E-state index in [-0.39, 0.29) is 11.3 Å². The lowest BCUT2D eigenvalue weighted by Gasteiger charge is -2.31. The number of para-hydroxylation sites is 1. The van der Waals surface area contributed by atoms with E-state index in [9.17, 15) is 9.59 Å². The molecule has 7 nitrogen and oxygen atoms in total. The molecule has 1 aromatic carbocycles. The molecule has 0 atom stereocenters. The molecule has 0 unspecified atom stereocenters. The van der Waals surface area contributed by atoms with Crippen LogP contribution in [-0.4, -0.2) is 35.9 Å². The number of nitrogens with zero attached hydrogens (tertiary/aromatic N) is 1. The molecule has 2 heterocycles. The van der Waals surface area contributed by atoms with E-state index >= 15 is 0 Å². The first-order valence-electron chi connectivity index (χ1n) is 9.63. The Kier molecular flexibility index (Phi) is 6.01. The third kappa shape index (κ3) is 4.47. The summed E-state index contributed by atoms with van der Waals surface area (Å²) in [5.41, 5.74) is 0.808. The lowest BCUT2D eigenvalue weighted by Crippen LogP contribution is -2.33. The first-order chi connectivity index (χ1) is 14.5. The topological polar surface area (TPSA) is 98.9 Å². The fourth-order valence-corrected chi connectivity index (χ4v) is 3.64. The van der Waals surface area contributed by atoms with Crippen molar-refractivity contribution in [3.05, 3.63) is 57.8 Å². The molecule has 0 amide bonds. The molecule has 3 aromatic rings. The van der Waals surface area contributed by atoms with Gasteiger partial charge in [0.25, 0.3) is 0 Å². The number of fused-ring (bicyclic) bond motifs is 1. The van der Waals surface area contributed by atoms with Crippen molar-refractivity contribution in [1.29, 1.82) is 0 Å². The highest BCUT2D eigenvalue weighted by Gasteiger charge is 2.34. The van der Waals surface area contributed by atoms with E-state index in [0.717, 1.165) is 0 Å². The Balaban J connectivity index is 1.29. The van der Waals surface area contributed by atoms with E-state index in [4.69, 9.17) is 30.6 Å². The van der Waals surface area contributed by atoms with Gasteiger partial charge in [0.1, 0.15) is 12.4 Å². The first kappa shape index (κ1) is 20.4. The van der Waals surface area contributed by atoms with Crippen LogP contribution in [0.25, 0.3) is 22.3 Å². The van der Waals surface area contributed by atoms with Crippen LogP contribution in [0.2, 0.25) is 5.02 Å². The van der Waals surface area contributed by atoms with Crippen molar-refractivity contribution < 1.29 is 23.8 Å². The monoisotopic (exact) mass is 429 g/mol. The van der Waals surface area contributed by atoms with Gasteiger partial charge in [0, 0.05) is 30.5 Å². The van der Waals surface area contributed by atoms with E-state index in [1.54, 1.807) is 36.5 Å². The summed E-state index contributed by atoms with van der Waals surface area (Å²) in [4.78, 5) is 27.3. The van der Waals surface area contributed by atoms with Crippen LogP contribution in [0.1, 0.15) is 12.8 Å². The molecule has 30 heavy (non-hydrogen) atoms. The molecule has 1 aliphatic carbocycles. The van der Waals surface area contributed by atoms with Gasteiger partial charge in [-0.1, -0.05) is 17.7 Å².